The maximum Gasteiger partial charge on any atom is 0.229 e. The molecule has 148 valence electrons. The number of anilines is 1. The van der Waals surface area contributed by atoms with Gasteiger partial charge in [-0.1, -0.05) is 47.5 Å². The number of nitrogens with one attached hydrogen (secondary N) is 3. The molecule has 0 heterocycles. The third-order valence-corrected chi connectivity index (χ3v) is 4.62. The first-order valence-electron chi connectivity index (χ1n) is 7.72. The molecule has 0 saturated heterocycles. The molecule has 0 aliphatic rings. The van der Waals surface area contributed by atoms with Gasteiger partial charge in [0.25, 0.3) is 0 Å². The molecule has 0 aliphatic heterocycles. The highest BCUT2D eigenvalue weighted by molar-refractivity contribution is 14.0. The SMILES string of the molecule is CN=C(NCc1ccc(Cl)cc1Cl)NCc1ccccc1NS(C)(=O)=O.I. The van der Waals surface area contributed by atoms with E-state index in [-0.39, 0.29) is 24.0 Å². The van der Waals surface area contributed by atoms with Crippen LogP contribution in [-0.4, -0.2) is 27.7 Å². The fourth-order valence-electron chi connectivity index (χ4n) is 2.22. The summed E-state index contributed by atoms with van der Waals surface area (Å²) in [6.07, 6.45) is 1.12. The fourth-order valence-corrected chi connectivity index (χ4v) is 3.29. The Bertz CT molecular complexity index is 908. The number of guanidine groups is 1. The van der Waals surface area contributed by atoms with Crippen LogP contribution >= 0.6 is 47.2 Å². The van der Waals surface area contributed by atoms with E-state index < -0.39 is 10.0 Å². The highest BCUT2D eigenvalue weighted by Crippen LogP contribution is 2.20. The number of sulfonamides is 1. The van der Waals surface area contributed by atoms with Gasteiger partial charge >= 0.3 is 0 Å². The van der Waals surface area contributed by atoms with E-state index in [1.54, 1.807) is 31.3 Å². The molecule has 0 radical (unpaired) electrons. The standard InChI is InChI=1S/C17H20Cl2N4O2S.HI/c1-20-17(21-10-12-7-8-14(18)9-15(12)19)22-11-13-5-3-4-6-16(13)23-26(2,24)25;/h3-9,23H,10-11H2,1-2H3,(H2,20,21,22);1H. The smallest absolute Gasteiger partial charge is 0.229 e. The Morgan fingerprint density at radius 1 is 1.04 bits per heavy atom. The summed E-state index contributed by atoms with van der Waals surface area (Å²) in [5.74, 6) is 0.560. The normalized spacial score (nSPS) is 11.5. The van der Waals surface area contributed by atoms with Crippen LogP contribution in [0.2, 0.25) is 10.0 Å². The summed E-state index contributed by atoms with van der Waals surface area (Å²) in [4.78, 5) is 4.16. The van der Waals surface area contributed by atoms with Gasteiger partial charge in [-0.15, -0.1) is 24.0 Å². The minimum absolute atomic E-state index is 0. The van der Waals surface area contributed by atoms with Gasteiger partial charge in [0.2, 0.25) is 10.0 Å². The van der Waals surface area contributed by atoms with E-state index in [1.807, 2.05) is 18.2 Å². The van der Waals surface area contributed by atoms with E-state index in [0.29, 0.717) is 34.8 Å². The summed E-state index contributed by atoms with van der Waals surface area (Å²) < 4.78 is 25.4. The summed E-state index contributed by atoms with van der Waals surface area (Å²) in [5, 5.41) is 7.46. The Kier molecular flexibility index (Phi) is 9.65. The van der Waals surface area contributed by atoms with Crippen LogP contribution in [0.1, 0.15) is 11.1 Å². The maximum absolute atomic E-state index is 11.5. The number of rotatable bonds is 6. The minimum atomic E-state index is -3.35. The van der Waals surface area contributed by atoms with Gasteiger partial charge in [-0.3, -0.25) is 9.71 Å². The zero-order chi connectivity index (χ0) is 19.2. The summed E-state index contributed by atoms with van der Waals surface area (Å²) in [5.41, 5.74) is 2.21. The zero-order valence-electron chi connectivity index (χ0n) is 14.8. The molecular weight excluding hydrogens is 522 g/mol. The second kappa shape index (κ2) is 10.9. The van der Waals surface area contributed by atoms with Crippen molar-refractivity contribution < 1.29 is 8.42 Å². The molecule has 2 aromatic rings. The third kappa shape index (κ3) is 8.12. The first-order chi connectivity index (χ1) is 12.3. The summed E-state index contributed by atoms with van der Waals surface area (Å²) >= 11 is 12.1. The van der Waals surface area contributed by atoms with Crippen molar-refractivity contribution in [3.05, 3.63) is 63.6 Å². The molecule has 0 atom stereocenters. The summed E-state index contributed by atoms with van der Waals surface area (Å²) in [6, 6.07) is 12.5. The van der Waals surface area contributed by atoms with E-state index in [4.69, 9.17) is 23.2 Å². The number of para-hydroxylation sites is 1. The van der Waals surface area contributed by atoms with Gasteiger partial charge in [0.05, 0.1) is 11.9 Å². The fraction of sp³-hybridized carbons (Fsp3) is 0.235. The predicted octanol–water partition coefficient (Wildman–Crippen LogP) is 3.85. The molecule has 6 nitrogen and oxygen atoms in total. The number of aliphatic imine (C=N–C) groups is 1. The van der Waals surface area contributed by atoms with Crippen LogP contribution < -0.4 is 15.4 Å². The molecule has 0 amide bonds. The molecule has 0 aromatic heterocycles. The Morgan fingerprint density at radius 2 is 1.67 bits per heavy atom. The molecule has 0 unspecified atom stereocenters. The topological polar surface area (TPSA) is 82.6 Å². The Balaban J connectivity index is 0.00000364. The average Bonchev–Trinajstić information content (AvgIpc) is 2.56. The Morgan fingerprint density at radius 3 is 2.26 bits per heavy atom. The van der Waals surface area contributed by atoms with Gasteiger partial charge in [-0.05, 0) is 29.3 Å². The second-order valence-electron chi connectivity index (χ2n) is 5.55. The lowest BCUT2D eigenvalue weighted by Crippen LogP contribution is -2.36. The molecular formula is C17H21Cl2IN4O2S. The second-order valence-corrected chi connectivity index (χ2v) is 8.14. The van der Waals surface area contributed by atoms with Gasteiger partial charge in [-0.25, -0.2) is 8.42 Å². The van der Waals surface area contributed by atoms with Gasteiger partial charge in [0, 0.05) is 30.2 Å². The Hall–Kier alpha value is -1.23. The molecule has 0 bridgehead atoms. The lowest BCUT2D eigenvalue weighted by molar-refractivity contribution is 0.606. The van der Waals surface area contributed by atoms with Crippen LogP contribution in [0.3, 0.4) is 0 Å². The van der Waals surface area contributed by atoms with Crippen LogP contribution in [0.5, 0.6) is 0 Å². The highest BCUT2D eigenvalue weighted by atomic mass is 127. The molecule has 3 N–H and O–H groups in total. The monoisotopic (exact) mass is 542 g/mol. The first kappa shape index (κ1) is 23.8. The third-order valence-electron chi connectivity index (χ3n) is 3.44. The molecule has 0 fully saturated rings. The molecule has 0 spiro atoms. The van der Waals surface area contributed by atoms with E-state index in [1.165, 1.54) is 0 Å². The highest BCUT2D eigenvalue weighted by Gasteiger charge is 2.08. The van der Waals surface area contributed by atoms with E-state index in [2.05, 4.69) is 20.3 Å². The number of halogens is 3. The van der Waals surface area contributed by atoms with Crippen molar-refractivity contribution in [2.45, 2.75) is 13.1 Å². The van der Waals surface area contributed by atoms with Crippen molar-refractivity contribution in [1.82, 2.24) is 10.6 Å². The van der Waals surface area contributed by atoms with Crippen molar-refractivity contribution in [3.8, 4) is 0 Å². The molecule has 0 saturated carbocycles. The van der Waals surface area contributed by atoms with E-state index in [9.17, 15) is 8.42 Å². The Labute approximate surface area is 186 Å². The van der Waals surface area contributed by atoms with Gasteiger partial charge in [0.1, 0.15) is 0 Å². The molecule has 2 rings (SSSR count). The molecule has 10 heteroatoms. The van der Waals surface area contributed by atoms with Crippen molar-refractivity contribution >= 4 is 68.8 Å². The van der Waals surface area contributed by atoms with Crippen LogP contribution in [0, 0.1) is 0 Å². The van der Waals surface area contributed by atoms with Crippen molar-refractivity contribution in [3.63, 3.8) is 0 Å². The van der Waals surface area contributed by atoms with E-state index >= 15 is 0 Å². The van der Waals surface area contributed by atoms with E-state index in [0.717, 1.165) is 17.4 Å². The number of nitrogens with zero attached hydrogens (tertiary/aromatic N) is 1. The maximum atomic E-state index is 11.5. The first-order valence-corrected chi connectivity index (χ1v) is 10.4. The summed E-state index contributed by atoms with van der Waals surface area (Å²) in [6.45, 7) is 0.867. The van der Waals surface area contributed by atoms with Crippen LogP contribution in [0.4, 0.5) is 5.69 Å². The zero-order valence-corrected chi connectivity index (χ0v) is 19.5. The van der Waals surface area contributed by atoms with Gasteiger partial charge in [0.15, 0.2) is 5.96 Å². The van der Waals surface area contributed by atoms with Gasteiger partial charge in [-0.2, -0.15) is 0 Å². The van der Waals surface area contributed by atoms with Crippen molar-refractivity contribution in [1.29, 1.82) is 0 Å². The largest absolute Gasteiger partial charge is 0.352 e. The molecule has 2 aromatic carbocycles. The predicted molar refractivity (Wildman–Crippen MR) is 124 cm³/mol. The van der Waals surface area contributed by atoms with Gasteiger partial charge < -0.3 is 10.6 Å². The lowest BCUT2D eigenvalue weighted by Gasteiger charge is -2.15. The minimum Gasteiger partial charge on any atom is -0.352 e. The lowest BCUT2D eigenvalue weighted by atomic mass is 10.2. The molecule has 27 heavy (non-hydrogen) atoms. The summed E-state index contributed by atoms with van der Waals surface area (Å²) in [7, 11) is -1.70. The number of benzene rings is 2. The average molecular weight is 543 g/mol. The molecule has 0 aliphatic carbocycles. The van der Waals surface area contributed by atoms with Crippen LogP contribution in [0.15, 0.2) is 47.5 Å². The number of hydrogen-bond acceptors (Lipinski definition) is 3. The van der Waals surface area contributed by atoms with Crippen molar-refractivity contribution in [2.75, 3.05) is 18.0 Å². The van der Waals surface area contributed by atoms with Crippen molar-refractivity contribution in [2.24, 2.45) is 4.99 Å². The quantitative estimate of drug-likeness (QED) is 0.294. The van der Waals surface area contributed by atoms with Crippen LogP contribution in [0.25, 0.3) is 0 Å². The number of hydrogen-bond donors (Lipinski definition) is 3. The van der Waals surface area contributed by atoms with Crippen LogP contribution in [-0.2, 0) is 23.1 Å².